The Morgan fingerprint density at radius 3 is 2.76 bits per heavy atom. The van der Waals surface area contributed by atoms with Crippen molar-refractivity contribution in [3.8, 4) is 18.1 Å². The molecular weight excluding hydrogens is 314 g/mol. The summed E-state index contributed by atoms with van der Waals surface area (Å²) >= 11 is 0. The second kappa shape index (κ2) is 8.70. The van der Waals surface area contributed by atoms with E-state index in [9.17, 15) is 5.11 Å². The summed E-state index contributed by atoms with van der Waals surface area (Å²) in [6.45, 7) is 8.08. The van der Waals surface area contributed by atoms with E-state index in [-0.39, 0.29) is 6.61 Å². The number of terminal acetylenes is 1. The van der Waals surface area contributed by atoms with Crippen LogP contribution in [0, 0.1) is 33.1 Å². The number of nitrogens with zero attached hydrogens (tertiary/aromatic N) is 3. The van der Waals surface area contributed by atoms with Crippen LogP contribution in [0.5, 0.6) is 5.75 Å². The normalized spacial score (nSPS) is 12.2. The third kappa shape index (κ3) is 5.35. The van der Waals surface area contributed by atoms with E-state index in [1.54, 1.807) is 10.9 Å². The molecule has 25 heavy (non-hydrogen) atoms. The van der Waals surface area contributed by atoms with Crippen molar-refractivity contribution in [1.82, 2.24) is 14.7 Å². The molecule has 2 aromatic rings. The smallest absolute Gasteiger partial charge is 0.125 e. The second-order valence-electron chi connectivity index (χ2n) is 6.57. The van der Waals surface area contributed by atoms with Crippen LogP contribution >= 0.6 is 0 Å². The first-order valence-electron chi connectivity index (χ1n) is 8.41. The van der Waals surface area contributed by atoms with E-state index < -0.39 is 6.10 Å². The first-order chi connectivity index (χ1) is 11.9. The molecule has 1 aromatic heterocycles. The number of aryl methyl sites for hydroxylation is 2. The third-order valence-electron chi connectivity index (χ3n) is 4.21. The van der Waals surface area contributed by atoms with Gasteiger partial charge in [0.2, 0.25) is 0 Å². The molecule has 1 heterocycles. The van der Waals surface area contributed by atoms with Crippen LogP contribution in [0.3, 0.4) is 0 Å². The number of aliphatic hydroxyl groups is 1. The molecule has 2 rings (SSSR count). The molecule has 0 aliphatic heterocycles. The zero-order valence-corrected chi connectivity index (χ0v) is 15.5. The number of benzene rings is 1. The van der Waals surface area contributed by atoms with Crippen molar-refractivity contribution in [2.45, 2.75) is 40.0 Å². The van der Waals surface area contributed by atoms with Gasteiger partial charge in [0.25, 0.3) is 0 Å². The minimum absolute atomic E-state index is 0.270. The van der Waals surface area contributed by atoms with Gasteiger partial charge in [-0.25, -0.2) is 0 Å². The lowest BCUT2D eigenvalue weighted by molar-refractivity contribution is 0.0738. The van der Waals surface area contributed by atoms with Crippen LogP contribution in [0.1, 0.15) is 22.3 Å². The molecule has 0 saturated heterocycles. The molecule has 1 atom stereocenters. The van der Waals surface area contributed by atoms with Crippen molar-refractivity contribution in [2.75, 3.05) is 20.2 Å². The standard InChI is InChI=1S/C20H27N3O2/c1-6-9-23-12-18(10-21-23)11-22(5)13-19(24)14-25-20-16(3)8-7-15(2)17(20)4/h1,7-8,10,12,19,24H,9,11,13-14H2,2-5H3. The first-order valence-corrected chi connectivity index (χ1v) is 8.41. The summed E-state index contributed by atoms with van der Waals surface area (Å²) in [6.07, 6.45) is 8.45. The first kappa shape index (κ1) is 19.0. The highest BCUT2D eigenvalue weighted by Crippen LogP contribution is 2.25. The minimum Gasteiger partial charge on any atom is -0.490 e. The number of likely N-dealkylation sites (N-methyl/N-ethyl adjacent to an activating group) is 1. The highest BCUT2D eigenvalue weighted by Gasteiger charge is 2.13. The summed E-state index contributed by atoms with van der Waals surface area (Å²) < 4.78 is 7.61. The molecule has 0 radical (unpaired) electrons. The molecule has 0 amide bonds. The van der Waals surface area contributed by atoms with Gasteiger partial charge < -0.3 is 9.84 Å². The Morgan fingerprint density at radius 2 is 2.04 bits per heavy atom. The lowest BCUT2D eigenvalue weighted by Crippen LogP contribution is -2.32. The van der Waals surface area contributed by atoms with Crippen molar-refractivity contribution in [3.05, 3.63) is 46.8 Å². The average molecular weight is 341 g/mol. The van der Waals surface area contributed by atoms with Gasteiger partial charge in [-0.2, -0.15) is 5.10 Å². The molecular formula is C20H27N3O2. The molecule has 5 heteroatoms. The lowest BCUT2D eigenvalue weighted by atomic mass is 10.1. The van der Waals surface area contributed by atoms with Crippen molar-refractivity contribution < 1.29 is 9.84 Å². The molecule has 0 fully saturated rings. The van der Waals surface area contributed by atoms with Gasteiger partial charge >= 0.3 is 0 Å². The summed E-state index contributed by atoms with van der Waals surface area (Å²) in [5.41, 5.74) is 4.47. The van der Waals surface area contributed by atoms with Crippen LogP contribution in [-0.2, 0) is 13.1 Å². The molecule has 0 saturated carbocycles. The molecule has 0 aliphatic rings. The Bertz CT molecular complexity index is 746. The zero-order valence-electron chi connectivity index (χ0n) is 15.5. The predicted molar refractivity (Wildman–Crippen MR) is 99.5 cm³/mol. The number of hydrogen-bond donors (Lipinski definition) is 1. The third-order valence-corrected chi connectivity index (χ3v) is 4.21. The largest absolute Gasteiger partial charge is 0.490 e. The summed E-state index contributed by atoms with van der Waals surface area (Å²) in [4.78, 5) is 2.04. The minimum atomic E-state index is -0.565. The van der Waals surface area contributed by atoms with E-state index in [2.05, 4.69) is 24.0 Å². The molecule has 0 spiro atoms. The fraction of sp³-hybridized carbons (Fsp3) is 0.450. The van der Waals surface area contributed by atoms with Crippen molar-refractivity contribution in [3.63, 3.8) is 0 Å². The highest BCUT2D eigenvalue weighted by atomic mass is 16.5. The molecule has 1 N–H and O–H groups in total. The van der Waals surface area contributed by atoms with E-state index in [0.717, 1.165) is 22.4 Å². The molecule has 1 unspecified atom stereocenters. The van der Waals surface area contributed by atoms with E-state index in [1.807, 2.05) is 38.1 Å². The van der Waals surface area contributed by atoms with Crippen LogP contribution in [0.4, 0.5) is 0 Å². The van der Waals surface area contributed by atoms with Crippen LogP contribution in [0.2, 0.25) is 0 Å². The molecule has 5 nitrogen and oxygen atoms in total. The van der Waals surface area contributed by atoms with Gasteiger partial charge in [-0.3, -0.25) is 9.58 Å². The SMILES string of the molecule is C#CCn1cc(CN(C)CC(O)COc2c(C)ccc(C)c2C)cn1. The van der Waals surface area contributed by atoms with Crippen LogP contribution in [0.25, 0.3) is 0 Å². The molecule has 0 aliphatic carbocycles. The number of ether oxygens (including phenoxy) is 1. The summed E-state index contributed by atoms with van der Waals surface area (Å²) in [5, 5.41) is 14.5. The van der Waals surface area contributed by atoms with Crippen molar-refractivity contribution in [2.24, 2.45) is 0 Å². The van der Waals surface area contributed by atoms with Crippen molar-refractivity contribution >= 4 is 0 Å². The highest BCUT2D eigenvalue weighted by molar-refractivity contribution is 5.44. The van der Waals surface area contributed by atoms with Gasteiger partial charge in [0.15, 0.2) is 0 Å². The van der Waals surface area contributed by atoms with Crippen LogP contribution in [0.15, 0.2) is 24.5 Å². The van der Waals surface area contributed by atoms with Gasteiger partial charge in [-0.05, 0) is 44.5 Å². The van der Waals surface area contributed by atoms with Crippen LogP contribution in [-0.4, -0.2) is 46.1 Å². The van der Waals surface area contributed by atoms with E-state index in [4.69, 9.17) is 11.2 Å². The quantitative estimate of drug-likeness (QED) is 0.749. The van der Waals surface area contributed by atoms with Gasteiger partial charge in [0, 0.05) is 24.8 Å². The van der Waals surface area contributed by atoms with E-state index in [0.29, 0.717) is 19.6 Å². The Hall–Kier alpha value is -2.29. The Kier molecular flexibility index (Phi) is 6.63. The zero-order chi connectivity index (χ0) is 18.4. The Labute approximate surface area is 150 Å². The number of hydrogen-bond acceptors (Lipinski definition) is 4. The van der Waals surface area contributed by atoms with E-state index >= 15 is 0 Å². The predicted octanol–water partition coefficient (Wildman–Crippen LogP) is 2.31. The fourth-order valence-corrected chi connectivity index (χ4v) is 2.78. The number of rotatable bonds is 8. The van der Waals surface area contributed by atoms with E-state index in [1.165, 1.54) is 5.56 Å². The topological polar surface area (TPSA) is 50.5 Å². The maximum atomic E-state index is 10.3. The van der Waals surface area contributed by atoms with Gasteiger partial charge in [-0.1, -0.05) is 18.1 Å². The maximum Gasteiger partial charge on any atom is 0.125 e. The fourth-order valence-electron chi connectivity index (χ4n) is 2.78. The molecule has 0 bridgehead atoms. The number of aliphatic hydroxyl groups excluding tert-OH is 1. The summed E-state index contributed by atoms with van der Waals surface area (Å²) in [7, 11) is 1.96. The summed E-state index contributed by atoms with van der Waals surface area (Å²) in [5.74, 6) is 3.43. The summed E-state index contributed by atoms with van der Waals surface area (Å²) in [6, 6.07) is 4.13. The molecule has 1 aromatic carbocycles. The van der Waals surface area contributed by atoms with Gasteiger partial charge in [0.1, 0.15) is 25.0 Å². The average Bonchev–Trinajstić information content (AvgIpc) is 2.98. The lowest BCUT2D eigenvalue weighted by Gasteiger charge is -2.21. The van der Waals surface area contributed by atoms with Gasteiger partial charge in [-0.15, -0.1) is 6.42 Å². The monoisotopic (exact) mass is 341 g/mol. The Balaban J connectivity index is 1.84. The second-order valence-corrected chi connectivity index (χ2v) is 6.57. The maximum absolute atomic E-state index is 10.3. The molecule has 134 valence electrons. The van der Waals surface area contributed by atoms with Gasteiger partial charge in [0.05, 0.1) is 6.20 Å². The number of aromatic nitrogens is 2. The van der Waals surface area contributed by atoms with Crippen LogP contribution < -0.4 is 4.74 Å². The van der Waals surface area contributed by atoms with Crippen molar-refractivity contribution in [1.29, 1.82) is 0 Å². The Morgan fingerprint density at radius 1 is 1.32 bits per heavy atom.